The molecule has 0 spiro atoms. The van der Waals surface area contributed by atoms with E-state index in [9.17, 15) is 13.2 Å². The highest BCUT2D eigenvalue weighted by Gasteiger charge is 2.26. The van der Waals surface area contributed by atoms with Crippen molar-refractivity contribution in [1.82, 2.24) is 15.2 Å². The molecule has 1 amide bonds. The van der Waals surface area contributed by atoms with Gasteiger partial charge < -0.3 is 4.90 Å². The van der Waals surface area contributed by atoms with Gasteiger partial charge in [0.15, 0.2) is 11.5 Å². The minimum absolute atomic E-state index is 0.0584. The second-order valence-electron chi connectivity index (χ2n) is 5.50. The minimum atomic E-state index is -3.82. The normalized spacial score (nSPS) is 14.2. The molecule has 0 aliphatic carbocycles. The summed E-state index contributed by atoms with van der Waals surface area (Å²) in [6, 6.07) is 8.06. The minimum Gasteiger partial charge on any atom is -0.315 e. The number of nitrogens with zero attached hydrogens (tertiary/aromatic N) is 3. The van der Waals surface area contributed by atoms with Gasteiger partial charge in [-0.05, 0) is 35.9 Å². The fourth-order valence-electron chi connectivity index (χ4n) is 2.73. The Kier molecular flexibility index (Phi) is 3.07. The molecule has 2 N–H and O–H groups in total. The highest BCUT2D eigenvalue weighted by Crippen LogP contribution is 2.30. The van der Waals surface area contributed by atoms with Crippen molar-refractivity contribution in [3.63, 3.8) is 0 Å². The van der Waals surface area contributed by atoms with Crippen LogP contribution in [0.2, 0.25) is 0 Å². The zero-order chi connectivity index (χ0) is 16.9. The molecular weight excluding hydrogens is 330 g/mol. The summed E-state index contributed by atoms with van der Waals surface area (Å²) in [5.41, 5.74) is 1.92. The summed E-state index contributed by atoms with van der Waals surface area (Å²) in [5, 5.41) is 7.22. The van der Waals surface area contributed by atoms with Crippen LogP contribution in [0.5, 0.6) is 0 Å². The Hall–Kier alpha value is -2.94. The second-order valence-corrected chi connectivity index (χ2v) is 7.18. The van der Waals surface area contributed by atoms with E-state index in [1.165, 1.54) is 17.0 Å². The molecule has 3 heterocycles. The van der Waals surface area contributed by atoms with Crippen LogP contribution in [0.4, 0.5) is 11.5 Å². The summed E-state index contributed by atoms with van der Waals surface area (Å²) < 4.78 is 27.7. The van der Waals surface area contributed by atoms with Gasteiger partial charge in [-0.25, -0.2) is 13.4 Å². The van der Waals surface area contributed by atoms with Gasteiger partial charge in [0.1, 0.15) is 0 Å². The van der Waals surface area contributed by atoms with E-state index >= 15 is 0 Å². The van der Waals surface area contributed by atoms with E-state index in [4.69, 9.17) is 0 Å². The lowest BCUT2D eigenvalue weighted by molar-refractivity contribution is -0.117. The van der Waals surface area contributed by atoms with Crippen LogP contribution in [0.25, 0.3) is 11.0 Å². The summed E-state index contributed by atoms with van der Waals surface area (Å²) in [5.74, 6) is 0.128. The number of carbonyl (C=O) groups excluding carboxylic acids is 1. The van der Waals surface area contributed by atoms with Crippen LogP contribution in [0.1, 0.15) is 5.56 Å². The van der Waals surface area contributed by atoms with Gasteiger partial charge in [0.05, 0.1) is 16.7 Å². The Balaban J connectivity index is 1.71. The monoisotopic (exact) mass is 343 g/mol. The van der Waals surface area contributed by atoms with Gasteiger partial charge in [-0.15, -0.1) is 0 Å². The maximum absolute atomic E-state index is 12.6. The molecule has 8 nitrogen and oxygen atoms in total. The lowest BCUT2D eigenvalue weighted by atomic mass is 10.2. The number of pyridine rings is 1. The number of fused-ring (bicyclic) bond motifs is 2. The average Bonchev–Trinajstić information content (AvgIpc) is 3.09. The quantitative estimate of drug-likeness (QED) is 0.745. The molecule has 3 aromatic rings. The largest absolute Gasteiger partial charge is 0.315 e. The van der Waals surface area contributed by atoms with Crippen LogP contribution in [-0.4, -0.2) is 36.6 Å². The fraction of sp³-hybridized carbons (Fsp3) is 0.133. The molecule has 1 aliphatic heterocycles. The van der Waals surface area contributed by atoms with Gasteiger partial charge in [-0.3, -0.25) is 14.6 Å². The molecule has 0 atom stereocenters. The number of carbonyl (C=O) groups is 1. The summed E-state index contributed by atoms with van der Waals surface area (Å²) in [4.78, 5) is 17.4. The zero-order valence-electron chi connectivity index (χ0n) is 12.6. The Morgan fingerprint density at radius 1 is 1.29 bits per heavy atom. The molecule has 0 unspecified atom stereocenters. The molecule has 1 aromatic carbocycles. The number of sulfonamides is 1. The first-order valence-corrected chi connectivity index (χ1v) is 8.65. The third kappa shape index (κ3) is 2.21. The van der Waals surface area contributed by atoms with E-state index in [1.807, 2.05) is 0 Å². The van der Waals surface area contributed by atoms with Crippen molar-refractivity contribution < 1.29 is 13.2 Å². The molecule has 2 aromatic heterocycles. The van der Waals surface area contributed by atoms with Crippen molar-refractivity contribution in [3.05, 3.63) is 42.1 Å². The number of H-pyrrole nitrogens is 1. The Labute approximate surface area is 137 Å². The standard InChI is InChI=1S/C15H13N5O3S/c1-20-12-5-4-10(7-9(12)8-13(20)21)24(22,23)19-15-11-3-2-6-16-14(11)17-18-15/h2-7H,8H2,1H3,(H2,16,17,18,19). The highest BCUT2D eigenvalue weighted by atomic mass is 32.2. The van der Waals surface area contributed by atoms with Gasteiger partial charge in [0.25, 0.3) is 10.0 Å². The van der Waals surface area contributed by atoms with Gasteiger partial charge in [-0.2, -0.15) is 5.10 Å². The molecule has 24 heavy (non-hydrogen) atoms. The Morgan fingerprint density at radius 3 is 2.96 bits per heavy atom. The van der Waals surface area contributed by atoms with Crippen molar-refractivity contribution in [1.29, 1.82) is 0 Å². The third-order valence-corrected chi connectivity index (χ3v) is 5.34. The summed E-state index contributed by atoms with van der Waals surface area (Å²) in [6.07, 6.45) is 1.79. The van der Waals surface area contributed by atoms with Crippen molar-refractivity contribution in [3.8, 4) is 0 Å². The maximum atomic E-state index is 12.6. The predicted octanol–water partition coefficient (Wildman–Crippen LogP) is 1.28. The number of likely N-dealkylation sites (N-methyl/N-ethyl adjacent to an activating group) is 1. The van der Waals surface area contributed by atoms with Crippen molar-refractivity contribution >= 4 is 38.5 Å². The molecule has 0 bridgehead atoms. The van der Waals surface area contributed by atoms with E-state index in [1.54, 1.807) is 31.4 Å². The number of aromatic nitrogens is 3. The van der Waals surface area contributed by atoms with E-state index in [-0.39, 0.29) is 23.0 Å². The number of nitrogens with one attached hydrogen (secondary N) is 2. The molecule has 122 valence electrons. The summed E-state index contributed by atoms with van der Waals surface area (Å²) >= 11 is 0. The summed E-state index contributed by atoms with van der Waals surface area (Å²) in [6.45, 7) is 0. The lowest BCUT2D eigenvalue weighted by Crippen LogP contribution is -2.20. The van der Waals surface area contributed by atoms with Crippen LogP contribution < -0.4 is 9.62 Å². The van der Waals surface area contributed by atoms with Gasteiger partial charge >= 0.3 is 0 Å². The SMILES string of the molecule is CN1C(=O)Cc2cc(S(=O)(=O)Nc3n[nH]c4ncccc34)ccc21. The molecule has 0 saturated heterocycles. The lowest BCUT2D eigenvalue weighted by Gasteiger charge is -2.11. The van der Waals surface area contributed by atoms with E-state index in [2.05, 4.69) is 19.9 Å². The Bertz CT molecular complexity index is 1070. The van der Waals surface area contributed by atoms with Gasteiger partial charge in [-0.1, -0.05) is 0 Å². The number of anilines is 2. The number of rotatable bonds is 3. The van der Waals surface area contributed by atoms with Crippen molar-refractivity contribution in [2.45, 2.75) is 11.3 Å². The molecular formula is C15H13N5O3S. The number of benzene rings is 1. The average molecular weight is 343 g/mol. The van der Waals surface area contributed by atoms with Gasteiger partial charge in [0, 0.05) is 18.9 Å². The first-order chi connectivity index (χ1) is 11.5. The predicted molar refractivity (Wildman–Crippen MR) is 88.3 cm³/mol. The van der Waals surface area contributed by atoms with Crippen LogP contribution in [0.15, 0.2) is 41.4 Å². The molecule has 0 saturated carbocycles. The maximum Gasteiger partial charge on any atom is 0.263 e. The molecule has 9 heteroatoms. The highest BCUT2D eigenvalue weighted by molar-refractivity contribution is 7.92. The van der Waals surface area contributed by atoms with Crippen LogP contribution >= 0.6 is 0 Å². The topological polar surface area (TPSA) is 108 Å². The summed E-state index contributed by atoms with van der Waals surface area (Å²) in [7, 11) is -2.15. The zero-order valence-corrected chi connectivity index (χ0v) is 13.5. The number of hydrogen-bond donors (Lipinski definition) is 2. The number of aromatic amines is 1. The molecule has 4 rings (SSSR count). The van der Waals surface area contributed by atoms with Gasteiger partial charge in [0.2, 0.25) is 5.91 Å². The van der Waals surface area contributed by atoms with Crippen LogP contribution in [-0.2, 0) is 21.2 Å². The van der Waals surface area contributed by atoms with Crippen LogP contribution in [0, 0.1) is 0 Å². The molecule has 1 aliphatic rings. The van der Waals surface area contributed by atoms with Crippen LogP contribution in [0.3, 0.4) is 0 Å². The van der Waals surface area contributed by atoms with E-state index < -0.39 is 10.0 Å². The molecule has 0 radical (unpaired) electrons. The molecule has 0 fully saturated rings. The Morgan fingerprint density at radius 2 is 2.12 bits per heavy atom. The van der Waals surface area contributed by atoms with Crippen molar-refractivity contribution in [2.75, 3.05) is 16.7 Å². The number of amides is 1. The smallest absolute Gasteiger partial charge is 0.263 e. The van der Waals surface area contributed by atoms with Crippen molar-refractivity contribution in [2.24, 2.45) is 0 Å². The van der Waals surface area contributed by atoms with E-state index in [0.717, 1.165) is 5.69 Å². The first-order valence-electron chi connectivity index (χ1n) is 7.17. The fourth-order valence-corrected chi connectivity index (χ4v) is 3.80. The second kappa shape index (κ2) is 5.03. The first kappa shape index (κ1) is 14.6. The van der Waals surface area contributed by atoms with E-state index in [0.29, 0.717) is 16.6 Å². The third-order valence-electron chi connectivity index (χ3n) is 4.01. The number of hydrogen-bond acceptors (Lipinski definition) is 5.